The average molecular weight is 413 g/mol. The average Bonchev–Trinajstić information content (AvgIpc) is 3.16. The molecule has 0 radical (unpaired) electrons. The maximum Gasteiger partial charge on any atom is 0.241 e. The van der Waals surface area contributed by atoms with Gasteiger partial charge < -0.3 is 4.90 Å². The molecule has 1 amide bonds. The third kappa shape index (κ3) is 3.96. The molecule has 0 bridgehead atoms. The summed E-state index contributed by atoms with van der Waals surface area (Å²) >= 11 is 0. The Morgan fingerprint density at radius 1 is 1.03 bits per heavy atom. The molecule has 1 N–H and O–H groups in total. The van der Waals surface area contributed by atoms with E-state index in [1.54, 1.807) is 23.1 Å². The van der Waals surface area contributed by atoms with E-state index in [1.807, 2.05) is 19.9 Å². The summed E-state index contributed by atoms with van der Waals surface area (Å²) in [4.78, 5) is 14.1. The number of fused-ring (bicyclic) bond motifs is 2. The molecule has 1 aliphatic heterocycles. The van der Waals surface area contributed by atoms with Gasteiger partial charge in [-0.05, 0) is 79.5 Å². The van der Waals surface area contributed by atoms with E-state index in [-0.39, 0.29) is 16.8 Å². The highest BCUT2D eigenvalue weighted by molar-refractivity contribution is 7.89. The number of aryl methyl sites for hydroxylation is 2. The van der Waals surface area contributed by atoms with Crippen molar-refractivity contribution in [1.82, 2.24) is 4.72 Å². The van der Waals surface area contributed by atoms with Gasteiger partial charge in [-0.25, -0.2) is 13.1 Å². The number of amides is 1. The van der Waals surface area contributed by atoms with Crippen LogP contribution in [-0.4, -0.2) is 20.9 Å². The van der Waals surface area contributed by atoms with E-state index >= 15 is 0 Å². The van der Waals surface area contributed by atoms with Crippen molar-refractivity contribution >= 4 is 21.6 Å². The maximum atomic E-state index is 13.0. The molecule has 0 unspecified atom stereocenters. The Balaban J connectivity index is 1.54. The number of carbonyl (C=O) groups excluding carboxylic acids is 1. The van der Waals surface area contributed by atoms with Crippen LogP contribution in [0.1, 0.15) is 61.4 Å². The molecule has 1 atom stereocenters. The van der Waals surface area contributed by atoms with Crippen LogP contribution in [0.5, 0.6) is 0 Å². The minimum atomic E-state index is -3.65. The second kappa shape index (κ2) is 7.92. The summed E-state index contributed by atoms with van der Waals surface area (Å²) in [7, 11) is -3.65. The highest BCUT2D eigenvalue weighted by Gasteiger charge is 2.26. The number of carbonyl (C=O) groups is 1. The number of benzene rings is 2. The van der Waals surface area contributed by atoms with Gasteiger partial charge in [0, 0.05) is 24.7 Å². The van der Waals surface area contributed by atoms with Gasteiger partial charge in [0.25, 0.3) is 0 Å². The lowest BCUT2D eigenvalue weighted by Gasteiger charge is -2.20. The fourth-order valence-corrected chi connectivity index (χ4v) is 5.67. The Hall–Kier alpha value is -2.18. The van der Waals surface area contributed by atoms with Crippen LogP contribution in [0.15, 0.2) is 41.3 Å². The van der Waals surface area contributed by atoms with E-state index in [1.165, 1.54) is 24.0 Å². The van der Waals surface area contributed by atoms with Gasteiger partial charge in [0.15, 0.2) is 0 Å². The topological polar surface area (TPSA) is 66.5 Å². The molecule has 2 aromatic rings. The van der Waals surface area contributed by atoms with Crippen LogP contribution >= 0.6 is 0 Å². The molecule has 0 spiro atoms. The number of anilines is 1. The van der Waals surface area contributed by atoms with Crippen LogP contribution in [0.25, 0.3) is 0 Å². The van der Waals surface area contributed by atoms with Gasteiger partial charge in [-0.15, -0.1) is 0 Å². The predicted molar refractivity (Wildman–Crippen MR) is 115 cm³/mol. The van der Waals surface area contributed by atoms with Crippen LogP contribution in [0.2, 0.25) is 0 Å². The number of hydrogen-bond donors (Lipinski definition) is 1. The van der Waals surface area contributed by atoms with Gasteiger partial charge >= 0.3 is 0 Å². The number of hydrogen-bond acceptors (Lipinski definition) is 3. The van der Waals surface area contributed by atoms with Gasteiger partial charge in [-0.3, -0.25) is 4.79 Å². The van der Waals surface area contributed by atoms with Gasteiger partial charge in [-0.1, -0.05) is 25.1 Å². The standard InChI is InChI=1S/C23H28N2O3S/c1-3-23(26)25-13-12-20-15-21(10-11-22(20)25)29(27,28)24-16(2)18-9-8-17-6-4-5-7-19(17)14-18/h8-11,14-16,24H,3-7,12-13H2,1-2H3/t16-/m1/s1. The second-order valence-corrected chi connectivity index (χ2v) is 9.73. The summed E-state index contributed by atoms with van der Waals surface area (Å²) < 4.78 is 28.8. The molecule has 1 heterocycles. The van der Waals surface area contributed by atoms with Crippen LogP contribution in [0.3, 0.4) is 0 Å². The summed E-state index contributed by atoms with van der Waals surface area (Å²) in [6.45, 7) is 4.34. The molecule has 2 aliphatic rings. The Morgan fingerprint density at radius 2 is 1.79 bits per heavy atom. The van der Waals surface area contributed by atoms with Crippen molar-refractivity contribution in [2.24, 2.45) is 0 Å². The van der Waals surface area contributed by atoms with Crippen LogP contribution < -0.4 is 9.62 Å². The zero-order valence-electron chi connectivity index (χ0n) is 17.1. The Kier molecular flexibility index (Phi) is 5.49. The summed E-state index contributed by atoms with van der Waals surface area (Å²) in [5.74, 6) is 0.0681. The molecule has 0 fully saturated rings. The molecule has 6 heteroatoms. The van der Waals surface area contributed by atoms with Crippen molar-refractivity contribution in [3.05, 3.63) is 58.7 Å². The molecule has 4 rings (SSSR count). The Bertz CT molecular complexity index is 1050. The monoisotopic (exact) mass is 412 g/mol. The molecule has 0 saturated carbocycles. The van der Waals surface area contributed by atoms with E-state index in [2.05, 4.69) is 16.9 Å². The van der Waals surface area contributed by atoms with Gasteiger partial charge in [-0.2, -0.15) is 0 Å². The zero-order chi connectivity index (χ0) is 20.6. The lowest BCUT2D eigenvalue weighted by Crippen LogP contribution is -2.28. The smallest absolute Gasteiger partial charge is 0.241 e. The normalized spacial score (nSPS) is 17.0. The van der Waals surface area contributed by atoms with E-state index < -0.39 is 10.0 Å². The fourth-order valence-electron chi connectivity index (χ4n) is 4.39. The first-order valence-corrected chi connectivity index (χ1v) is 11.9. The second-order valence-electron chi connectivity index (χ2n) is 8.02. The van der Waals surface area contributed by atoms with E-state index in [9.17, 15) is 13.2 Å². The number of nitrogens with one attached hydrogen (secondary N) is 1. The predicted octanol–water partition coefficient (Wildman–Crippen LogP) is 3.90. The molecule has 1 aliphatic carbocycles. The highest BCUT2D eigenvalue weighted by Crippen LogP contribution is 2.31. The molecule has 154 valence electrons. The van der Waals surface area contributed by atoms with Crippen molar-refractivity contribution in [3.8, 4) is 0 Å². The van der Waals surface area contributed by atoms with E-state index in [0.717, 1.165) is 29.7 Å². The molecule has 2 aromatic carbocycles. The lowest BCUT2D eigenvalue weighted by atomic mass is 9.89. The molecule has 29 heavy (non-hydrogen) atoms. The first kappa shape index (κ1) is 20.1. The van der Waals surface area contributed by atoms with Crippen LogP contribution in [0, 0.1) is 0 Å². The van der Waals surface area contributed by atoms with Crippen molar-refractivity contribution < 1.29 is 13.2 Å². The van der Waals surface area contributed by atoms with Crippen LogP contribution in [-0.2, 0) is 34.1 Å². The SMILES string of the molecule is CCC(=O)N1CCc2cc(S(=O)(=O)N[C@H](C)c3ccc4c(c3)CCCC4)ccc21. The number of sulfonamides is 1. The fraction of sp³-hybridized carbons (Fsp3) is 0.435. The molecule has 0 aromatic heterocycles. The van der Waals surface area contributed by atoms with Crippen LogP contribution in [0.4, 0.5) is 5.69 Å². The van der Waals surface area contributed by atoms with Gasteiger partial charge in [0.2, 0.25) is 15.9 Å². The molecular weight excluding hydrogens is 384 g/mol. The third-order valence-corrected chi connectivity index (χ3v) is 7.60. The summed E-state index contributed by atoms with van der Waals surface area (Å²) in [6.07, 6.45) is 5.74. The minimum Gasteiger partial charge on any atom is -0.312 e. The molecular formula is C23H28N2O3S. The number of rotatable bonds is 5. The molecule has 0 saturated heterocycles. The van der Waals surface area contributed by atoms with Crippen molar-refractivity contribution in [2.45, 2.75) is 63.3 Å². The first-order chi connectivity index (χ1) is 13.9. The van der Waals surface area contributed by atoms with Crippen molar-refractivity contribution in [1.29, 1.82) is 0 Å². The van der Waals surface area contributed by atoms with Crippen molar-refractivity contribution in [2.75, 3.05) is 11.4 Å². The number of nitrogens with zero attached hydrogens (tertiary/aromatic N) is 1. The van der Waals surface area contributed by atoms with Gasteiger partial charge in [0.05, 0.1) is 4.90 Å². The largest absolute Gasteiger partial charge is 0.312 e. The summed E-state index contributed by atoms with van der Waals surface area (Å²) in [6, 6.07) is 11.1. The van der Waals surface area contributed by atoms with E-state index in [4.69, 9.17) is 0 Å². The van der Waals surface area contributed by atoms with E-state index in [0.29, 0.717) is 19.4 Å². The summed E-state index contributed by atoms with van der Waals surface area (Å²) in [5, 5.41) is 0. The van der Waals surface area contributed by atoms with Crippen molar-refractivity contribution in [3.63, 3.8) is 0 Å². The highest BCUT2D eigenvalue weighted by atomic mass is 32.2. The molecule has 5 nitrogen and oxygen atoms in total. The first-order valence-electron chi connectivity index (χ1n) is 10.5. The Morgan fingerprint density at radius 3 is 2.55 bits per heavy atom. The zero-order valence-corrected chi connectivity index (χ0v) is 17.9. The summed E-state index contributed by atoms with van der Waals surface area (Å²) in [5.41, 5.74) is 5.47. The maximum absolute atomic E-state index is 13.0. The minimum absolute atomic E-state index is 0.0681. The van der Waals surface area contributed by atoms with Gasteiger partial charge in [0.1, 0.15) is 0 Å². The lowest BCUT2D eigenvalue weighted by molar-refractivity contribution is -0.118. The third-order valence-electron chi connectivity index (χ3n) is 6.06. The Labute approximate surface area is 173 Å². The quantitative estimate of drug-likeness (QED) is 0.810.